The van der Waals surface area contributed by atoms with Gasteiger partial charge in [0, 0.05) is 35.4 Å². The largest absolute Gasteiger partial charge is 0.359 e. The minimum absolute atomic E-state index is 0.438. The fourth-order valence-electron chi connectivity index (χ4n) is 4.61. The van der Waals surface area contributed by atoms with Crippen LogP contribution in [0.5, 0.6) is 0 Å². The number of benzene rings is 1. The van der Waals surface area contributed by atoms with Crippen molar-refractivity contribution in [2.75, 3.05) is 0 Å². The van der Waals surface area contributed by atoms with Gasteiger partial charge in [-0.05, 0) is 24.0 Å². The molecule has 3 heterocycles. The second kappa shape index (κ2) is 8.70. The van der Waals surface area contributed by atoms with Crippen molar-refractivity contribution in [2.45, 2.75) is 39.5 Å². The summed E-state index contributed by atoms with van der Waals surface area (Å²) in [5, 5.41) is 0. The second-order valence-electron chi connectivity index (χ2n) is 9.25. The summed E-state index contributed by atoms with van der Waals surface area (Å²) in [6, 6.07) is 19.6. The SMILES string of the molecule is CC(C)c1cccc(C(C)C)c1-n1cc[n+](C)c1-c1cccc(-c2cccc[n+]2C)[n+]1C. The van der Waals surface area contributed by atoms with Gasteiger partial charge in [-0.3, -0.25) is 0 Å². The van der Waals surface area contributed by atoms with Crippen LogP contribution in [-0.4, -0.2) is 4.57 Å². The molecule has 0 aliphatic heterocycles. The van der Waals surface area contributed by atoms with Crippen molar-refractivity contribution in [3.63, 3.8) is 0 Å². The van der Waals surface area contributed by atoms with Gasteiger partial charge in [0.25, 0.3) is 17.1 Å². The van der Waals surface area contributed by atoms with Crippen molar-refractivity contribution in [1.29, 1.82) is 0 Å². The molecule has 0 radical (unpaired) electrons. The topological polar surface area (TPSA) is 16.6 Å². The Morgan fingerprint density at radius 1 is 0.625 bits per heavy atom. The predicted molar refractivity (Wildman–Crippen MR) is 128 cm³/mol. The predicted octanol–water partition coefficient (Wildman–Crippen LogP) is 4.53. The number of pyridine rings is 2. The fourth-order valence-corrected chi connectivity index (χ4v) is 4.61. The molecule has 0 saturated heterocycles. The summed E-state index contributed by atoms with van der Waals surface area (Å²) in [5.41, 5.74) is 7.60. The standard InChI is InChI=1S/C28H35N4/c1-20(2)22-12-10-13-23(21(3)4)27(22)32-19-18-30(6)28(32)26-16-11-15-25(31(26)7)24-14-8-9-17-29(24)5/h8-21H,1-7H3/q+3. The Bertz CT molecular complexity index is 1240. The molecular formula is C28H35N4+3. The highest BCUT2D eigenvalue weighted by Crippen LogP contribution is 2.33. The molecule has 0 aliphatic carbocycles. The molecular weight excluding hydrogens is 392 g/mol. The van der Waals surface area contributed by atoms with E-state index in [1.807, 2.05) is 0 Å². The Morgan fingerprint density at radius 2 is 1.22 bits per heavy atom. The molecule has 0 spiro atoms. The molecule has 0 amide bonds. The number of imidazole rings is 1. The van der Waals surface area contributed by atoms with Gasteiger partial charge in [0.2, 0.25) is 0 Å². The number of para-hydroxylation sites is 1. The first-order valence-corrected chi connectivity index (χ1v) is 11.5. The smallest absolute Gasteiger partial charge is 0.227 e. The Kier molecular flexibility index (Phi) is 5.96. The van der Waals surface area contributed by atoms with Gasteiger partial charge in [-0.2, -0.15) is 13.7 Å². The molecule has 4 rings (SSSR count). The van der Waals surface area contributed by atoms with E-state index in [0.29, 0.717) is 11.8 Å². The maximum Gasteiger partial charge on any atom is 0.359 e. The summed E-state index contributed by atoms with van der Waals surface area (Å²) < 4.78 is 9.08. The highest BCUT2D eigenvalue weighted by Gasteiger charge is 2.32. The molecule has 0 saturated carbocycles. The molecule has 0 fully saturated rings. The van der Waals surface area contributed by atoms with Crippen LogP contribution in [0.1, 0.15) is 50.7 Å². The van der Waals surface area contributed by atoms with Crippen molar-refractivity contribution in [2.24, 2.45) is 21.1 Å². The van der Waals surface area contributed by atoms with Crippen LogP contribution in [0.4, 0.5) is 0 Å². The van der Waals surface area contributed by atoms with Crippen LogP contribution in [0.3, 0.4) is 0 Å². The number of rotatable bonds is 5. The zero-order chi connectivity index (χ0) is 23.0. The average Bonchev–Trinajstić information content (AvgIpc) is 3.14. The van der Waals surface area contributed by atoms with Crippen LogP contribution in [-0.2, 0) is 21.1 Å². The highest BCUT2D eigenvalue weighted by molar-refractivity contribution is 5.58. The molecule has 3 aromatic heterocycles. The maximum absolute atomic E-state index is 2.38. The number of hydrogen-bond donors (Lipinski definition) is 0. The molecule has 0 bridgehead atoms. The maximum atomic E-state index is 2.38. The zero-order valence-electron chi connectivity index (χ0n) is 20.4. The second-order valence-corrected chi connectivity index (χ2v) is 9.25. The number of nitrogens with zero attached hydrogens (tertiary/aromatic N) is 4. The minimum atomic E-state index is 0.438. The van der Waals surface area contributed by atoms with Gasteiger partial charge in [-0.25, -0.2) is 4.57 Å². The number of aromatic nitrogens is 4. The zero-order valence-corrected chi connectivity index (χ0v) is 20.4. The number of aryl methyl sites for hydroxylation is 2. The van der Waals surface area contributed by atoms with Gasteiger partial charge in [-0.15, -0.1) is 0 Å². The van der Waals surface area contributed by atoms with E-state index in [2.05, 4.69) is 140 Å². The van der Waals surface area contributed by atoms with Gasteiger partial charge in [-0.1, -0.05) is 45.9 Å². The lowest BCUT2D eigenvalue weighted by Gasteiger charge is -2.17. The molecule has 32 heavy (non-hydrogen) atoms. The molecule has 0 atom stereocenters. The summed E-state index contributed by atoms with van der Waals surface area (Å²) in [5.74, 6) is 2.04. The van der Waals surface area contributed by atoms with Crippen LogP contribution in [0, 0.1) is 0 Å². The molecule has 1 aromatic carbocycles. The lowest BCUT2D eigenvalue weighted by molar-refractivity contribution is -0.697. The van der Waals surface area contributed by atoms with Crippen molar-refractivity contribution in [3.05, 3.63) is 84.3 Å². The first-order valence-electron chi connectivity index (χ1n) is 11.5. The Labute approximate surface area is 192 Å². The van der Waals surface area contributed by atoms with Crippen molar-refractivity contribution in [1.82, 2.24) is 4.57 Å². The van der Waals surface area contributed by atoms with E-state index in [1.54, 1.807) is 0 Å². The summed E-state index contributed by atoms with van der Waals surface area (Å²) in [6.07, 6.45) is 6.46. The first-order chi connectivity index (χ1) is 15.3. The molecule has 0 aliphatic rings. The third-order valence-electron chi connectivity index (χ3n) is 6.36. The first kappa shape index (κ1) is 21.9. The van der Waals surface area contributed by atoms with Crippen molar-refractivity contribution >= 4 is 0 Å². The van der Waals surface area contributed by atoms with E-state index in [9.17, 15) is 0 Å². The van der Waals surface area contributed by atoms with Gasteiger partial charge in [0.1, 0.15) is 32.2 Å². The third kappa shape index (κ3) is 3.75. The molecule has 164 valence electrons. The Morgan fingerprint density at radius 3 is 1.84 bits per heavy atom. The van der Waals surface area contributed by atoms with E-state index in [4.69, 9.17) is 0 Å². The minimum Gasteiger partial charge on any atom is -0.227 e. The quantitative estimate of drug-likeness (QED) is 0.416. The van der Waals surface area contributed by atoms with Crippen LogP contribution in [0.2, 0.25) is 0 Å². The molecule has 0 unspecified atom stereocenters. The van der Waals surface area contributed by atoms with E-state index in [1.165, 1.54) is 39.7 Å². The average molecular weight is 428 g/mol. The van der Waals surface area contributed by atoms with E-state index < -0.39 is 0 Å². The van der Waals surface area contributed by atoms with Crippen molar-refractivity contribution in [3.8, 4) is 28.6 Å². The monoisotopic (exact) mass is 427 g/mol. The van der Waals surface area contributed by atoms with Crippen LogP contribution < -0.4 is 13.7 Å². The molecule has 4 nitrogen and oxygen atoms in total. The number of hydrogen-bond acceptors (Lipinski definition) is 0. The van der Waals surface area contributed by atoms with E-state index >= 15 is 0 Å². The molecule has 0 N–H and O–H groups in total. The van der Waals surface area contributed by atoms with E-state index in [-0.39, 0.29) is 0 Å². The van der Waals surface area contributed by atoms with Gasteiger partial charge in [0.15, 0.2) is 6.20 Å². The van der Waals surface area contributed by atoms with Crippen LogP contribution in [0.25, 0.3) is 28.6 Å². The lowest BCUT2D eigenvalue weighted by Crippen LogP contribution is -2.42. The normalized spacial score (nSPS) is 11.5. The molecule has 4 heteroatoms. The fraction of sp³-hybridized carbons (Fsp3) is 0.321. The highest BCUT2D eigenvalue weighted by atomic mass is 15.2. The van der Waals surface area contributed by atoms with Gasteiger partial charge in [0.05, 0.1) is 7.05 Å². The summed E-state index contributed by atoms with van der Waals surface area (Å²) in [6.45, 7) is 9.12. The lowest BCUT2D eigenvalue weighted by atomic mass is 9.92. The van der Waals surface area contributed by atoms with Crippen molar-refractivity contribution < 1.29 is 13.7 Å². The van der Waals surface area contributed by atoms with Crippen LogP contribution >= 0.6 is 0 Å². The molecule has 4 aromatic rings. The van der Waals surface area contributed by atoms with E-state index in [0.717, 1.165) is 0 Å². The van der Waals surface area contributed by atoms with Gasteiger partial charge >= 0.3 is 5.82 Å². The Balaban J connectivity index is 2.00. The summed E-state index contributed by atoms with van der Waals surface area (Å²) in [7, 11) is 6.39. The Hall–Kier alpha value is -3.27. The van der Waals surface area contributed by atoms with Gasteiger partial charge < -0.3 is 0 Å². The summed E-state index contributed by atoms with van der Waals surface area (Å²) >= 11 is 0. The summed E-state index contributed by atoms with van der Waals surface area (Å²) in [4.78, 5) is 0. The van der Waals surface area contributed by atoms with Crippen LogP contribution in [0.15, 0.2) is 73.2 Å². The third-order valence-corrected chi connectivity index (χ3v) is 6.36.